The quantitative estimate of drug-likeness (QED) is 0.643. The van der Waals surface area contributed by atoms with E-state index in [-0.39, 0.29) is 5.46 Å². The lowest BCUT2D eigenvalue weighted by Crippen LogP contribution is -2.32. The summed E-state index contributed by atoms with van der Waals surface area (Å²) in [7, 11) is -1.79. The molecule has 0 amide bonds. The van der Waals surface area contributed by atoms with Crippen LogP contribution in [0.3, 0.4) is 0 Å². The molecule has 0 aliphatic heterocycles. The molecule has 0 bridgehead atoms. The first kappa shape index (κ1) is 10.7. The molecule has 0 aliphatic carbocycles. The molecule has 2 nitrogen and oxygen atoms in total. The van der Waals surface area contributed by atoms with Crippen LogP contribution in [0.25, 0.3) is 20.2 Å². The van der Waals surface area contributed by atoms with Crippen molar-refractivity contribution in [2.45, 2.75) is 0 Å². The maximum Gasteiger partial charge on any atom is 0.492 e. The largest absolute Gasteiger partial charge is 0.492 e. The highest BCUT2D eigenvalue weighted by atomic mass is 32.1. The summed E-state index contributed by atoms with van der Waals surface area (Å²) in [5.74, 6) is -0.584. The zero-order valence-corrected chi connectivity index (χ0v) is 9.54. The van der Waals surface area contributed by atoms with Crippen molar-refractivity contribution in [2.75, 3.05) is 0 Å². The lowest BCUT2D eigenvalue weighted by Gasteiger charge is -2.02. The van der Waals surface area contributed by atoms with Crippen LogP contribution in [0.1, 0.15) is 0 Å². The number of rotatable bonds is 1. The monoisotopic (exact) mass is 246 g/mol. The van der Waals surface area contributed by atoms with Crippen molar-refractivity contribution in [3.05, 3.63) is 42.2 Å². The van der Waals surface area contributed by atoms with Crippen molar-refractivity contribution < 1.29 is 14.4 Å². The number of halogens is 1. The van der Waals surface area contributed by atoms with Crippen molar-refractivity contribution in [2.24, 2.45) is 0 Å². The predicted molar refractivity (Wildman–Crippen MR) is 69.1 cm³/mol. The molecule has 0 fully saturated rings. The zero-order chi connectivity index (χ0) is 12.0. The summed E-state index contributed by atoms with van der Waals surface area (Å²) in [5, 5.41) is 20.4. The molecule has 3 aromatic rings. The smallest absolute Gasteiger partial charge is 0.423 e. The molecule has 3 rings (SSSR count). The summed E-state index contributed by atoms with van der Waals surface area (Å²) < 4.78 is 15.2. The van der Waals surface area contributed by atoms with Gasteiger partial charge < -0.3 is 10.0 Å². The van der Waals surface area contributed by atoms with E-state index < -0.39 is 12.9 Å². The Bertz CT molecular complexity index is 708. The van der Waals surface area contributed by atoms with Crippen LogP contribution < -0.4 is 5.46 Å². The third-order valence-electron chi connectivity index (χ3n) is 2.79. The molecule has 1 aromatic heterocycles. The minimum absolute atomic E-state index is 0.0382. The van der Waals surface area contributed by atoms with Gasteiger partial charge in [-0.25, -0.2) is 4.39 Å². The molecule has 2 aromatic carbocycles. The summed E-state index contributed by atoms with van der Waals surface area (Å²) in [6.07, 6.45) is 0. The van der Waals surface area contributed by atoms with Crippen molar-refractivity contribution in [1.82, 2.24) is 0 Å². The van der Waals surface area contributed by atoms with E-state index in [2.05, 4.69) is 0 Å². The fourth-order valence-electron chi connectivity index (χ4n) is 2.03. The normalized spacial score (nSPS) is 11.2. The standard InChI is InChI=1S/C12H8BFO2S/c14-9-6-5-8-7-3-1-2-4-10(7)17-12(8)11(9)13(15)16/h1-6,15-16H. The lowest BCUT2D eigenvalue weighted by atomic mass is 9.79. The molecule has 2 N–H and O–H groups in total. The highest BCUT2D eigenvalue weighted by Crippen LogP contribution is 2.32. The van der Waals surface area contributed by atoms with E-state index in [1.165, 1.54) is 17.4 Å². The second-order valence-electron chi connectivity index (χ2n) is 3.81. The number of hydrogen-bond donors (Lipinski definition) is 2. The summed E-state index contributed by atoms with van der Waals surface area (Å²) in [6, 6.07) is 10.6. The number of fused-ring (bicyclic) bond motifs is 3. The first-order chi connectivity index (χ1) is 8.18. The van der Waals surface area contributed by atoms with Crippen LogP contribution in [0, 0.1) is 5.82 Å². The maximum absolute atomic E-state index is 13.6. The fourth-order valence-corrected chi connectivity index (χ4v) is 3.28. The van der Waals surface area contributed by atoms with Crippen LogP contribution in [0.2, 0.25) is 0 Å². The first-order valence-electron chi connectivity index (χ1n) is 5.14. The van der Waals surface area contributed by atoms with Gasteiger partial charge in [0.15, 0.2) is 0 Å². The molecular formula is C12H8BFO2S. The van der Waals surface area contributed by atoms with Gasteiger partial charge in [0, 0.05) is 25.6 Å². The summed E-state index contributed by atoms with van der Waals surface area (Å²) in [5.41, 5.74) is -0.0382. The Kier molecular flexibility index (Phi) is 2.40. The van der Waals surface area contributed by atoms with E-state index in [4.69, 9.17) is 0 Å². The van der Waals surface area contributed by atoms with Gasteiger partial charge >= 0.3 is 7.12 Å². The topological polar surface area (TPSA) is 40.5 Å². The van der Waals surface area contributed by atoms with Crippen molar-refractivity contribution in [3.63, 3.8) is 0 Å². The Labute approximate surface area is 101 Å². The molecule has 0 unspecified atom stereocenters. The predicted octanol–water partition coefficient (Wildman–Crippen LogP) is 1.87. The number of benzene rings is 2. The Morgan fingerprint density at radius 2 is 1.76 bits per heavy atom. The molecule has 84 valence electrons. The van der Waals surface area contributed by atoms with Crippen molar-refractivity contribution in [1.29, 1.82) is 0 Å². The van der Waals surface area contributed by atoms with Crippen molar-refractivity contribution >= 4 is 44.1 Å². The van der Waals surface area contributed by atoms with Gasteiger partial charge in [-0.05, 0) is 12.1 Å². The van der Waals surface area contributed by atoms with Gasteiger partial charge in [0.2, 0.25) is 0 Å². The van der Waals surface area contributed by atoms with Gasteiger partial charge in [0.25, 0.3) is 0 Å². The third-order valence-corrected chi connectivity index (χ3v) is 4.01. The summed E-state index contributed by atoms with van der Waals surface area (Å²) in [6.45, 7) is 0. The average Bonchev–Trinajstić information content (AvgIpc) is 2.66. The van der Waals surface area contributed by atoms with Crippen LogP contribution in [-0.4, -0.2) is 17.2 Å². The van der Waals surface area contributed by atoms with Gasteiger partial charge in [0.1, 0.15) is 5.82 Å². The molecule has 0 spiro atoms. The molecule has 17 heavy (non-hydrogen) atoms. The molecule has 0 atom stereocenters. The van der Waals surface area contributed by atoms with E-state index >= 15 is 0 Å². The highest BCUT2D eigenvalue weighted by molar-refractivity contribution is 7.27. The van der Waals surface area contributed by atoms with Gasteiger partial charge in [-0.2, -0.15) is 0 Å². The van der Waals surface area contributed by atoms with Crippen LogP contribution in [0.15, 0.2) is 36.4 Å². The van der Waals surface area contributed by atoms with E-state index in [9.17, 15) is 14.4 Å². The van der Waals surface area contributed by atoms with E-state index in [1.54, 1.807) is 6.07 Å². The van der Waals surface area contributed by atoms with Gasteiger partial charge in [-0.1, -0.05) is 24.3 Å². The Hall–Kier alpha value is -1.43. The average molecular weight is 246 g/mol. The first-order valence-corrected chi connectivity index (χ1v) is 5.96. The van der Waals surface area contributed by atoms with Crippen LogP contribution in [0.5, 0.6) is 0 Å². The number of hydrogen-bond acceptors (Lipinski definition) is 3. The highest BCUT2D eigenvalue weighted by Gasteiger charge is 2.22. The summed E-state index contributed by atoms with van der Waals surface area (Å²) in [4.78, 5) is 0. The fraction of sp³-hybridized carbons (Fsp3) is 0. The van der Waals surface area contributed by atoms with Gasteiger partial charge in [-0.15, -0.1) is 11.3 Å². The molecule has 0 saturated heterocycles. The van der Waals surface area contributed by atoms with Gasteiger partial charge in [0.05, 0.1) is 0 Å². The Morgan fingerprint density at radius 1 is 1.00 bits per heavy atom. The molecule has 5 heteroatoms. The number of thiophene rings is 1. The van der Waals surface area contributed by atoms with Crippen LogP contribution >= 0.6 is 11.3 Å². The molecular weight excluding hydrogens is 238 g/mol. The minimum atomic E-state index is -1.79. The van der Waals surface area contributed by atoms with Gasteiger partial charge in [-0.3, -0.25) is 0 Å². The minimum Gasteiger partial charge on any atom is -0.423 e. The SMILES string of the molecule is OB(O)c1c(F)ccc2c1sc1ccccc12. The maximum atomic E-state index is 13.6. The van der Waals surface area contributed by atoms with Crippen LogP contribution in [-0.2, 0) is 0 Å². The van der Waals surface area contributed by atoms with E-state index in [0.29, 0.717) is 4.70 Å². The Morgan fingerprint density at radius 3 is 2.53 bits per heavy atom. The van der Waals surface area contributed by atoms with E-state index in [0.717, 1.165) is 15.5 Å². The lowest BCUT2D eigenvalue weighted by molar-refractivity contribution is 0.423. The zero-order valence-electron chi connectivity index (χ0n) is 8.72. The Balaban J connectivity index is 2.51. The molecule has 0 radical (unpaired) electrons. The second kappa shape index (κ2) is 3.80. The van der Waals surface area contributed by atoms with Crippen molar-refractivity contribution in [3.8, 4) is 0 Å². The van der Waals surface area contributed by atoms with E-state index in [1.807, 2.05) is 24.3 Å². The summed E-state index contributed by atoms with van der Waals surface area (Å²) >= 11 is 1.37. The molecule has 1 heterocycles. The third kappa shape index (κ3) is 1.55. The molecule has 0 saturated carbocycles. The van der Waals surface area contributed by atoms with Crippen LogP contribution in [0.4, 0.5) is 4.39 Å². The second-order valence-corrected chi connectivity index (χ2v) is 4.86. The molecule has 0 aliphatic rings.